The SMILES string of the molecule is CCC(C)C(N)C(=O)N1CCC(N(CCC(C)C)c2ccc(CCc3ccc(F)cc3)cc2)CC1. The number of rotatable bonds is 11. The molecule has 1 heterocycles. The molecule has 4 nitrogen and oxygen atoms in total. The highest BCUT2D eigenvalue weighted by Gasteiger charge is 2.30. The van der Waals surface area contributed by atoms with Gasteiger partial charge in [-0.1, -0.05) is 58.4 Å². The fourth-order valence-electron chi connectivity index (χ4n) is 4.82. The predicted octanol–water partition coefficient (Wildman–Crippen LogP) is 5.83. The minimum atomic E-state index is -0.393. The predicted molar refractivity (Wildman–Crippen MR) is 144 cm³/mol. The molecule has 0 aromatic heterocycles. The number of benzene rings is 2. The van der Waals surface area contributed by atoms with Crippen LogP contribution in [-0.4, -0.2) is 42.5 Å². The first-order valence-corrected chi connectivity index (χ1v) is 13.4. The largest absolute Gasteiger partial charge is 0.368 e. The summed E-state index contributed by atoms with van der Waals surface area (Å²) in [5.74, 6) is 0.775. The quantitative estimate of drug-likeness (QED) is 0.439. The van der Waals surface area contributed by atoms with E-state index < -0.39 is 6.04 Å². The van der Waals surface area contributed by atoms with E-state index in [0.717, 1.165) is 63.7 Å². The van der Waals surface area contributed by atoms with Crippen molar-refractivity contribution >= 4 is 11.6 Å². The Morgan fingerprint density at radius 1 is 1.00 bits per heavy atom. The van der Waals surface area contributed by atoms with Crippen LogP contribution in [0.3, 0.4) is 0 Å². The van der Waals surface area contributed by atoms with Crippen LogP contribution in [0, 0.1) is 17.7 Å². The molecular formula is C30H44FN3O. The summed E-state index contributed by atoms with van der Waals surface area (Å²) in [6.45, 7) is 11.3. The molecule has 0 bridgehead atoms. The number of halogens is 1. The molecular weight excluding hydrogens is 437 g/mol. The molecule has 192 valence electrons. The maximum Gasteiger partial charge on any atom is 0.239 e. The van der Waals surface area contributed by atoms with Crippen molar-refractivity contribution in [1.29, 1.82) is 0 Å². The Morgan fingerprint density at radius 3 is 2.06 bits per heavy atom. The van der Waals surface area contributed by atoms with Crippen molar-refractivity contribution in [2.45, 2.75) is 78.3 Å². The number of carbonyl (C=O) groups is 1. The van der Waals surface area contributed by atoms with Crippen LogP contribution in [0.2, 0.25) is 0 Å². The second-order valence-electron chi connectivity index (χ2n) is 10.6. The van der Waals surface area contributed by atoms with Crippen LogP contribution in [0.15, 0.2) is 48.5 Å². The Kier molecular flexibility index (Phi) is 10.1. The number of nitrogens with zero attached hydrogens (tertiary/aromatic N) is 2. The summed E-state index contributed by atoms with van der Waals surface area (Å²) in [4.78, 5) is 17.4. The van der Waals surface area contributed by atoms with Gasteiger partial charge in [0.25, 0.3) is 0 Å². The molecule has 1 amide bonds. The van der Waals surface area contributed by atoms with E-state index in [9.17, 15) is 9.18 Å². The van der Waals surface area contributed by atoms with Gasteiger partial charge in [0.15, 0.2) is 0 Å². The molecule has 2 atom stereocenters. The second kappa shape index (κ2) is 13.1. The van der Waals surface area contributed by atoms with Gasteiger partial charge in [-0.25, -0.2) is 4.39 Å². The van der Waals surface area contributed by atoms with E-state index >= 15 is 0 Å². The lowest BCUT2D eigenvalue weighted by Gasteiger charge is -2.41. The summed E-state index contributed by atoms with van der Waals surface area (Å²) < 4.78 is 13.1. The smallest absolute Gasteiger partial charge is 0.239 e. The molecule has 2 aromatic rings. The van der Waals surface area contributed by atoms with Gasteiger partial charge >= 0.3 is 0 Å². The monoisotopic (exact) mass is 481 g/mol. The van der Waals surface area contributed by atoms with Crippen molar-refractivity contribution < 1.29 is 9.18 Å². The Labute approximate surface area is 211 Å². The van der Waals surface area contributed by atoms with E-state index in [2.05, 4.69) is 56.9 Å². The molecule has 1 aliphatic heterocycles. The number of hydrogen-bond donors (Lipinski definition) is 1. The van der Waals surface area contributed by atoms with Crippen LogP contribution in [0.25, 0.3) is 0 Å². The number of anilines is 1. The standard InChI is InChI=1S/C30H44FN3O/c1-5-23(4)29(32)30(35)33-19-17-28(18-20-33)34(21-16-22(2)3)27-14-10-25(11-15-27)7-6-24-8-12-26(31)13-9-24/h8-15,22-23,28-29H,5-7,16-21,32H2,1-4H3. The van der Waals surface area contributed by atoms with Crippen LogP contribution < -0.4 is 10.6 Å². The van der Waals surface area contributed by atoms with Crippen molar-refractivity contribution in [3.8, 4) is 0 Å². The fourth-order valence-corrected chi connectivity index (χ4v) is 4.82. The lowest BCUT2D eigenvalue weighted by atomic mass is 9.96. The second-order valence-corrected chi connectivity index (χ2v) is 10.6. The van der Waals surface area contributed by atoms with Gasteiger partial charge in [0, 0.05) is 31.4 Å². The minimum absolute atomic E-state index is 0.108. The van der Waals surface area contributed by atoms with E-state index in [0.29, 0.717) is 12.0 Å². The van der Waals surface area contributed by atoms with Crippen LogP contribution in [0.5, 0.6) is 0 Å². The first-order valence-electron chi connectivity index (χ1n) is 13.4. The third-order valence-electron chi connectivity index (χ3n) is 7.59. The summed E-state index contributed by atoms with van der Waals surface area (Å²) in [7, 11) is 0. The van der Waals surface area contributed by atoms with Crippen molar-refractivity contribution in [3.63, 3.8) is 0 Å². The molecule has 3 rings (SSSR count). The van der Waals surface area contributed by atoms with E-state index in [-0.39, 0.29) is 17.6 Å². The molecule has 35 heavy (non-hydrogen) atoms. The van der Waals surface area contributed by atoms with Gasteiger partial charge in [0.2, 0.25) is 5.91 Å². The highest BCUT2D eigenvalue weighted by atomic mass is 19.1. The normalized spacial score (nSPS) is 16.4. The van der Waals surface area contributed by atoms with E-state index in [4.69, 9.17) is 5.73 Å². The first kappa shape index (κ1) is 27.2. The Hall–Kier alpha value is -2.40. The topological polar surface area (TPSA) is 49.6 Å². The van der Waals surface area contributed by atoms with Crippen molar-refractivity contribution in [2.75, 3.05) is 24.5 Å². The zero-order chi connectivity index (χ0) is 25.4. The average molecular weight is 482 g/mol. The molecule has 1 aliphatic rings. The van der Waals surface area contributed by atoms with Crippen LogP contribution >= 0.6 is 0 Å². The molecule has 0 spiro atoms. The van der Waals surface area contributed by atoms with Gasteiger partial charge < -0.3 is 15.5 Å². The van der Waals surface area contributed by atoms with Gasteiger partial charge in [0.1, 0.15) is 5.82 Å². The number of aryl methyl sites for hydroxylation is 2. The molecule has 1 fully saturated rings. The third-order valence-corrected chi connectivity index (χ3v) is 7.59. The van der Waals surface area contributed by atoms with Gasteiger partial charge in [-0.15, -0.1) is 0 Å². The summed E-state index contributed by atoms with van der Waals surface area (Å²) in [6.07, 6.45) is 5.86. The number of piperidine rings is 1. The molecule has 0 saturated carbocycles. The lowest BCUT2D eigenvalue weighted by molar-refractivity contribution is -0.134. The number of nitrogens with two attached hydrogens (primary N) is 1. The van der Waals surface area contributed by atoms with Gasteiger partial charge in [-0.2, -0.15) is 0 Å². The Balaban J connectivity index is 1.62. The fraction of sp³-hybridized carbons (Fsp3) is 0.567. The van der Waals surface area contributed by atoms with Crippen LogP contribution in [-0.2, 0) is 17.6 Å². The average Bonchev–Trinajstić information content (AvgIpc) is 2.88. The Morgan fingerprint density at radius 2 is 1.54 bits per heavy atom. The summed E-state index contributed by atoms with van der Waals surface area (Å²) in [5.41, 5.74) is 9.94. The molecule has 2 aromatic carbocycles. The minimum Gasteiger partial charge on any atom is -0.368 e. The Bertz CT molecular complexity index is 904. The molecule has 1 saturated heterocycles. The molecule has 0 radical (unpaired) electrons. The van der Waals surface area contributed by atoms with Crippen molar-refractivity contribution in [3.05, 3.63) is 65.5 Å². The zero-order valence-electron chi connectivity index (χ0n) is 22.1. The van der Waals surface area contributed by atoms with Gasteiger partial charge in [-0.05, 0) is 79.3 Å². The molecule has 5 heteroatoms. The molecule has 2 unspecified atom stereocenters. The lowest BCUT2D eigenvalue weighted by Crippen LogP contribution is -2.52. The highest BCUT2D eigenvalue weighted by molar-refractivity contribution is 5.82. The number of likely N-dealkylation sites (tertiary alicyclic amines) is 1. The van der Waals surface area contributed by atoms with Gasteiger partial charge in [-0.3, -0.25) is 4.79 Å². The molecule has 0 aliphatic carbocycles. The van der Waals surface area contributed by atoms with Crippen LogP contribution in [0.4, 0.5) is 10.1 Å². The van der Waals surface area contributed by atoms with Crippen LogP contribution in [0.1, 0.15) is 64.5 Å². The summed E-state index contributed by atoms with van der Waals surface area (Å²) in [6, 6.07) is 15.8. The first-order chi connectivity index (χ1) is 16.8. The summed E-state index contributed by atoms with van der Waals surface area (Å²) in [5, 5.41) is 0. The highest BCUT2D eigenvalue weighted by Crippen LogP contribution is 2.26. The van der Waals surface area contributed by atoms with Crippen molar-refractivity contribution in [1.82, 2.24) is 4.90 Å². The maximum absolute atomic E-state index is 13.1. The third kappa shape index (κ3) is 7.79. The van der Waals surface area contributed by atoms with Gasteiger partial charge in [0.05, 0.1) is 6.04 Å². The van der Waals surface area contributed by atoms with E-state index in [1.54, 1.807) is 0 Å². The van der Waals surface area contributed by atoms with E-state index in [1.807, 2.05) is 17.0 Å². The van der Waals surface area contributed by atoms with Crippen molar-refractivity contribution in [2.24, 2.45) is 17.6 Å². The summed E-state index contributed by atoms with van der Waals surface area (Å²) >= 11 is 0. The number of hydrogen-bond acceptors (Lipinski definition) is 3. The van der Waals surface area contributed by atoms with E-state index in [1.165, 1.54) is 23.4 Å². The zero-order valence-corrected chi connectivity index (χ0v) is 22.1. The number of amides is 1. The molecule has 2 N–H and O–H groups in total. The maximum atomic E-state index is 13.1. The number of carbonyl (C=O) groups excluding carboxylic acids is 1.